The molecule has 0 saturated heterocycles. The molecular formula is C17H19ClFNO3. The van der Waals surface area contributed by atoms with Gasteiger partial charge in [0, 0.05) is 28.6 Å². The van der Waals surface area contributed by atoms with Crippen molar-refractivity contribution in [3.63, 3.8) is 0 Å². The van der Waals surface area contributed by atoms with Gasteiger partial charge < -0.3 is 10.1 Å². The number of benzene rings is 1. The lowest BCUT2D eigenvalue weighted by Gasteiger charge is -2.28. The van der Waals surface area contributed by atoms with Gasteiger partial charge in [0.15, 0.2) is 0 Å². The summed E-state index contributed by atoms with van der Waals surface area (Å²) in [5, 5.41) is 2.80. The highest BCUT2D eigenvalue weighted by Crippen LogP contribution is 2.38. The summed E-state index contributed by atoms with van der Waals surface area (Å²) < 4.78 is 19.6. The summed E-state index contributed by atoms with van der Waals surface area (Å²) in [5.41, 5.74) is 0.773. The molecule has 1 aromatic carbocycles. The molecule has 1 amide bonds. The van der Waals surface area contributed by atoms with Crippen LogP contribution in [0.25, 0.3) is 0 Å². The van der Waals surface area contributed by atoms with E-state index in [0.717, 1.165) is 0 Å². The Morgan fingerprint density at radius 3 is 2.83 bits per heavy atom. The summed E-state index contributed by atoms with van der Waals surface area (Å²) in [6, 6.07) is 4.29. The highest BCUT2D eigenvalue weighted by molar-refractivity contribution is 6.31. The summed E-state index contributed by atoms with van der Waals surface area (Å²) in [7, 11) is 0. The van der Waals surface area contributed by atoms with E-state index in [2.05, 4.69) is 5.32 Å². The lowest BCUT2D eigenvalue weighted by molar-refractivity contribution is -0.144. The Morgan fingerprint density at radius 2 is 2.22 bits per heavy atom. The Kier molecular flexibility index (Phi) is 5.42. The molecule has 1 heterocycles. The third kappa shape index (κ3) is 3.72. The second kappa shape index (κ2) is 7.13. The Hall–Kier alpha value is -1.88. The molecule has 0 aliphatic carbocycles. The molecule has 23 heavy (non-hydrogen) atoms. The van der Waals surface area contributed by atoms with Gasteiger partial charge in [0.1, 0.15) is 5.82 Å². The van der Waals surface area contributed by atoms with Gasteiger partial charge in [-0.3, -0.25) is 4.79 Å². The van der Waals surface area contributed by atoms with E-state index in [0.29, 0.717) is 12.1 Å². The van der Waals surface area contributed by atoms with Gasteiger partial charge in [-0.2, -0.15) is 0 Å². The van der Waals surface area contributed by atoms with Gasteiger partial charge in [0.25, 0.3) is 0 Å². The van der Waals surface area contributed by atoms with Crippen LogP contribution in [0.4, 0.5) is 4.39 Å². The van der Waals surface area contributed by atoms with Crippen LogP contribution in [0.1, 0.15) is 45.1 Å². The molecule has 0 unspecified atom stereocenters. The van der Waals surface area contributed by atoms with Crippen molar-refractivity contribution in [3.8, 4) is 0 Å². The molecule has 1 N–H and O–H groups in total. The first kappa shape index (κ1) is 17.5. The van der Waals surface area contributed by atoms with Crippen molar-refractivity contribution in [2.75, 3.05) is 0 Å². The summed E-state index contributed by atoms with van der Waals surface area (Å²) in [5.74, 6) is -2.14. The average molecular weight is 340 g/mol. The number of rotatable bonds is 4. The number of carbonyl (C=O) groups is 2. The molecule has 0 radical (unpaired) electrons. The van der Waals surface area contributed by atoms with Gasteiger partial charge in [0.05, 0.1) is 11.7 Å². The van der Waals surface area contributed by atoms with Crippen LogP contribution in [0.3, 0.4) is 0 Å². The number of amides is 1. The van der Waals surface area contributed by atoms with Crippen LogP contribution in [-0.4, -0.2) is 18.0 Å². The number of nitrogens with one attached hydrogen (secondary N) is 1. The summed E-state index contributed by atoms with van der Waals surface area (Å²) in [6.07, 6.45) is 0.343. The predicted octanol–water partition coefficient (Wildman–Crippen LogP) is 3.70. The number of hydrogen-bond donors (Lipinski definition) is 1. The minimum atomic E-state index is -0.756. The van der Waals surface area contributed by atoms with Crippen LogP contribution in [0.2, 0.25) is 5.02 Å². The third-order valence-electron chi connectivity index (χ3n) is 3.92. The first-order chi connectivity index (χ1) is 10.8. The second-order valence-corrected chi connectivity index (χ2v) is 6.01. The number of allylic oxidation sites excluding steroid dienone is 1. The molecule has 1 aliphatic rings. The van der Waals surface area contributed by atoms with Gasteiger partial charge in [-0.1, -0.05) is 24.6 Å². The molecule has 2 rings (SSSR count). The van der Waals surface area contributed by atoms with Gasteiger partial charge in [-0.25, -0.2) is 9.18 Å². The molecule has 0 bridgehead atoms. The second-order valence-electron chi connectivity index (χ2n) is 5.60. The highest BCUT2D eigenvalue weighted by atomic mass is 35.5. The van der Waals surface area contributed by atoms with E-state index >= 15 is 0 Å². The molecule has 1 aromatic rings. The Bertz CT molecular complexity index is 652. The number of hydrogen-bond acceptors (Lipinski definition) is 3. The van der Waals surface area contributed by atoms with Crippen molar-refractivity contribution in [2.24, 2.45) is 0 Å². The molecule has 0 fully saturated rings. The van der Waals surface area contributed by atoms with Crippen molar-refractivity contribution < 1.29 is 18.7 Å². The van der Waals surface area contributed by atoms with Crippen molar-refractivity contribution in [2.45, 2.75) is 45.6 Å². The normalized spacial score (nSPS) is 19.3. The van der Waals surface area contributed by atoms with Crippen LogP contribution >= 0.6 is 11.6 Å². The van der Waals surface area contributed by atoms with Gasteiger partial charge in [-0.15, -0.1) is 0 Å². The van der Waals surface area contributed by atoms with E-state index in [1.165, 1.54) is 12.1 Å². The molecule has 2 atom stereocenters. The Balaban J connectivity index is 2.49. The van der Waals surface area contributed by atoms with E-state index in [9.17, 15) is 14.0 Å². The van der Waals surface area contributed by atoms with E-state index < -0.39 is 17.7 Å². The standard InChI is InChI=1S/C17H19ClFNO3/c1-4-9(2)23-17(22)15-10(3)20-14(21)8-11(15)16-12(18)6-5-7-13(16)19/h5-7,9,11H,4,8H2,1-3H3,(H,20,21)/t9-,11+/m1/s1. The fourth-order valence-electron chi connectivity index (χ4n) is 2.59. The lowest BCUT2D eigenvalue weighted by Crippen LogP contribution is -2.35. The average Bonchev–Trinajstić information content (AvgIpc) is 2.46. The highest BCUT2D eigenvalue weighted by Gasteiger charge is 2.35. The monoisotopic (exact) mass is 339 g/mol. The lowest BCUT2D eigenvalue weighted by atomic mass is 9.84. The first-order valence-corrected chi connectivity index (χ1v) is 7.88. The van der Waals surface area contributed by atoms with Gasteiger partial charge in [-0.05, 0) is 32.4 Å². The Labute approximate surface area is 139 Å². The maximum absolute atomic E-state index is 14.3. The maximum Gasteiger partial charge on any atom is 0.336 e. The number of halogens is 2. The fraction of sp³-hybridized carbons (Fsp3) is 0.412. The van der Waals surface area contributed by atoms with Crippen LogP contribution in [0.15, 0.2) is 29.5 Å². The molecule has 0 saturated carbocycles. The summed E-state index contributed by atoms with van der Waals surface area (Å²) in [4.78, 5) is 24.4. The van der Waals surface area contributed by atoms with Gasteiger partial charge >= 0.3 is 5.97 Å². The van der Waals surface area contributed by atoms with E-state index in [1.807, 2.05) is 6.92 Å². The Morgan fingerprint density at radius 1 is 1.52 bits per heavy atom. The first-order valence-electron chi connectivity index (χ1n) is 7.50. The van der Waals surface area contributed by atoms with Crippen LogP contribution < -0.4 is 5.32 Å². The van der Waals surface area contributed by atoms with Crippen molar-refractivity contribution in [3.05, 3.63) is 45.9 Å². The number of carbonyl (C=O) groups excluding carboxylic acids is 2. The predicted molar refractivity (Wildman–Crippen MR) is 85.5 cm³/mol. The van der Waals surface area contributed by atoms with Crippen LogP contribution in [0.5, 0.6) is 0 Å². The topological polar surface area (TPSA) is 55.4 Å². The van der Waals surface area contributed by atoms with Gasteiger partial charge in [0.2, 0.25) is 5.91 Å². The molecule has 0 spiro atoms. The van der Waals surface area contributed by atoms with Crippen molar-refractivity contribution in [1.82, 2.24) is 5.32 Å². The minimum Gasteiger partial charge on any atom is -0.459 e. The molecule has 124 valence electrons. The molecule has 4 nitrogen and oxygen atoms in total. The molecule has 1 aliphatic heterocycles. The number of esters is 1. The zero-order valence-corrected chi connectivity index (χ0v) is 14.0. The zero-order chi connectivity index (χ0) is 17.1. The third-order valence-corrected chi connectivity index (χ3v) is 4.25. The minimum absolute atomic E-state index is 0.0526. The van der Waals surface area contributed by atoms with E-state index in [4.69, 9.17) is 16.3 Å². The van der Waals surface area contributed by atoms with Crippen molar-refractivity contribution >= 4 is 23.5 Å². The van der Waals surface area contributed by atoms with Crippen molar-refractivity contribution in [1.29, 1.82) is 0 Å². The fourth-order valence-corrected chi connectivity index (χ4v) is 2.89. The largest absolute Gasteiger partial charge is 0.459 e. The van der Waals surface area contributed by atoms with Crippen LogP contribution in [0, 0.1) is 5.82 Å². The summed E-state index contributed by atoms with van der Waals surface area (Å²) in [6.45, 7) is 5.28. The number of ether oxygens (including phenoxy) is 1. The summed E-state index contributed by atoms with van der Waals surface area (Å²) >= 11 is 6.11. The van der Waals surface area contributed by atoms with E-state index in [-0.39, 0.29) is 34.6 Å². The smallest absolute Gasteiger partial charge is 0.336 e. The SMILES string of the molecule is CC[C@@H](C)OC(=O)C1=C(C)NC(=O)C[C@@H]1c1c(F)cccc1Cl. The van der Waals surface area contributed by atoms with E-state index in [1.54, 1.807) is 19.9 Å². The zero-order valence-electron chi connectivity index (χ0n) is 13.3. The maximum atomic E-state index is 14.3. The molecule has 0 aromatic heterocycles. The molecular weight excluding hydrogens is 321 g/mol. The van der Waals surface area contributed by atoms with Crippen LogP contribution in [-0.2, 0) is 14.3 Å². The quantitative estimate of drug-likeness (QED) is 0.851. The molecule has 6 heteroatoms.